The van der Waals surface area contributed by atoms with Crippen molar-refractivity contribution in [2.45, 2.75) is 47.1 Å². The summed E-state index contributed by atoms with van der Waals surface area (Å²) in [4.78, 5) is 0. The predicted molar refractivity (Wildman–Crippen MR) is 71.5 cm³/mol. The van der Waals surface area contributed by atoms with Gasteiger partial charge in [0.15, 0.2) is 0 Å². The molecule has 1 heterocycles. The quantitative estimate of drug-likeness (QED) is 0.905. The summed E-state index contributed by atoms with van der Waals surface area (Å²) in [6, 6.07) is 0. The van der Waals surface area contributed by atoms with Gasteiger partial charge in [0.1, 0.15) is 0 Å². The lowest BCUT2D eigenvalue weighted by molar-refractivity contribution is 0.362. The van der Waals surface area contributed by atoms with Crippen LogP contribution in [0.2, 0.25) is 0 Å². The molecule has 0 aliphatic rings. The normalized spacial score (nSPS) is 12.1. The van der Waals surface area contributed by atoms with Crippen molar-refractivity contribution in [3.63, 3.8) is 0 Å². The lowest BCUT2D eigenvalue weighted by atomic mass is 9.88. The van der Waals surface area contributed by atoms with Gasteiger partial charge >= 0.3 is 0 Å². The summed E-state index contributed by atoms with van der Waals surface area (Å²) in [6.45, 7) is 10.2. The number of aryl methyl sites for hydroxylation is 2. The first-order valence-electron chi connectivity index (χ1n) is 5.89. The second-order valence-electron chi connectivity index (χ2n) is 4.92. The maximum absolute atomic E-state index is 5.79. The SMILES string of the molecule is CCc1nn(CC)c(CC(C)(C)CN)c1Br. The Morgan fingerprint density at radius 2 is 2.00 bits per heavy atom. The average Bonchev–Trinajstić information content (AvgIpc) is 2.55. The molecule has 92 valence electrons. The van der Waals surface area contributed by atoms with Gasteiger partial charge in [-0.15, -0.1) is 0 Å². The molecule has 0 atom stereocenters. The molecular weight excluding hydrogens is 266 g/mol. The topological polar surface area (TPSA) is 43.8 Å². The molecule has 1 rings (SSSR count). The van der Waals surface area contributed by atoms with Gasteiger partial charge < -0.3 is 5.73 Å². The van der Waals surface area contributed by atoms with E-state index in [-0.39, 0.29) is 5.41 Å². The zero-order chi connectivity index (χ0) is 12.3. The Morgan fingerprint density at radius 1 is 1.38 bits per heavy atom. The molecule has 0 aromatic carbocycles. The maximum atomic E-state index is 5.79. The minimum atomic E-state index is 0.125. The number of aromatic nitrogens is 2. The number of hydrogen-bond acceptors (Lipinski definition) is 2. The van der Waals surface area contributed by atoms with Crippen LogP contribution < -0.4 is 5.73 Å². The minimum Gasteiger partial charge on any atom is -0.330 e. The maximum Gasteiger partial charge on any atom is 0.0766 e. The summed E-state index contributed by atoms with van der Waals surface area (Å²) < 4.78 is 3.25. The zero-order valence-corrected chi connectivity index (χ0v) is 12.3. The Bertz CT molecular complexity index is 355. The monoisotopic (exact) mass is 287 g/mol. The van der Waals surface area contributed by atoms with Crippen LogP contribution >= 0.6 is 15.9 Å². The van der Waals surface area contributed by atoms with Gasteiger partial charge in [0, 0.05) is 6.54 Å². The van der Waals surface area contributed by atoms with Crippen molar-refractivity contribution in [2.75, 3.05) is 6.54 Å². The molecule has 2 N–H and O–H groups in total. The molecule has 0 aliphatic heterocycles. The smallest absolute Gasteiger partial charge is 0.0766 e. The van der Waals surface area contributed by atoms with Crippen LogP contribution in [0.15, 0.2) is 4.47 Å². The van der Waals surface area contributed by atoms with Crippen LogP contribution in [0, 0.1) is 5.41 Å². The zero-order valence-electron chi connectivity index (χ0n) is 10.7. The largest absolute Gasteiger partial charge is 0.330 e. The van der Waals surface area contributed by atoms with Crippen molar-refractivity contribution in [1.29, 1.82) is 0 Å². The van der Waals surface area contributed by atoms with Crippen LogP contribution in [0.1, 0.15) is 39.1 Å². The second kappa shape index (κ2) is 5.32. The number of nitrogens with two attached hydrogens (primary N) is 1. The van der Waals surface area contributed by atoms with E-state index >= 15 is 0 Å². The van der Waals surface area contributed by atoms with Crippen LogP contribution in [0.25, 0.3) is 0 Å². The summed E-state index contributed by atoms with van der Waals surface area (Å²) in [7, 11) is 0. The van der Waals surface area contributed by atoms with E-state index in [0.717, 1.165) is 25.1 Å². The van der Waals surface area contributed by atoms with Crippen LogP contribution in [-0.4, -0.2) is 16.3 Å². The van der Waals surface area contributed by atoms with Crippen molar-refractivity contribution in [2.24, 2.45) is 11.1 Å². The number of nitrogens with zero attached hydrogens (tertiary/aromatic N) is 2. The van der Waals surface area contributed by atoms with Crippen molar-refractivity contribution in [3.8, 4) is 0 Å². The molecule has 1 aromatic rings. The highest BCUT2D eigenvalue weighted by atomic mass is 79.9. The van der Waals surface area contributed by atoms with Gasteiger partial charge in [0.2, 0.25) is 0 Å². The first-order chi connectivity index (χ1) is 7.45. The highest BCUT2D eigenvalue weighted by Crippen LogP contribution is 2.28. The van der Waals surface area contributed by atoms with Gasteiger partial charge in [-0.3, -0.25) is 4.68 Å². The van der Waals surface area contributed by atoms with Gasteiger partial charge in [-0.05, 0) is 47.7 Å². The van der Waals surface area contributed by atoms with E-state index in [0.29, 0.717) is 6.54 Å². The lowest BCUT2D eigenvalue weighted by Gasteiger charge is -2.22. The standard InChI is InChI=1S/C12H22BrN3/c1-5-9-11(13)10(16(6-2)15-9)7-12(3,4)8-14/h5-8,14H2,1-4H3. The molecule has 3 nitrogen and oxygen atoms in total. The third kappa shape index (κ3) is 2.86. The molecule has 0 aliphatic carbocycles. The van der Waals surface area contributed by atoms with E-state index in [1.165, 1.54) is 10.2 Å². The van der Waals surface area contributed by atoms with Crippen molar-refractivity contribution in [3.05, 3.63) is 15.9 Å². The summed E-state index contributed by atoms with van der Waals surface area (Å²) in [6.07, 6.45) is 1.93. The summed E-state index contributed by atoms with van der Waals surface area (Å²) >= 11 is 3.66. The van der Waals surface area contributed by atoms with Crippen molar-refractivity contribution in [1.82, 2.24) is 9.78 Å². The Balaban J connectivity index is 3.06. The van der Waals surface area contributed by atoms with E-state index in [1.807, 2.05) is 0 Å². The van der Waals surface area contributed by atoms with Gasteiger partial charge in [0.25, 0.3) is 0 Å². The fraction of sp³-hybridized carbons (Fsp3) is 0.750. The lowest BCUT2D eigenvalue weighted by Crippen LogP contribution is -2.27. The molecule has 16 heavy (non-hydrogen) atoms. The Kier molecular flexibility index (Phi) is 4.56. The molecule has 1 aromatic heterocycles. The summed E-state index contributed by atoms with van der Waals surface area (Å²) in [5.41, 5.74) is 8.33. The van der Waals surface area contributed by atoms with E-state index < -0.39 is 0 Å². The molecule has 0 unspecified atom stereocenters. The van der Waals surface area contributed by atoms with Crippen LogP contribution in [0.4, 0.5) is 0 Å². The Morgan fingerprint density at radius 3 is 2.44 bits per heavy atom. The summed E-state index contributed by atoms with van der Waals surface area (Å²) in [5, 5.41) is 4.59. The molecule has 0 radical (unpaired) electrons. The van der Waals surface area contributed by atoms with E-state index in [1.54, 1.807) is 0 Å². The van der Waals surface area contributed by atoms with Crippen molar-refractivity contribution >= 4 is 15.9 Å². The molecule has 0 fully saturated rings. The predicted octanol–water partition coefficient (Wildman–Crippen LogP) is 2.76. The van der Waals surface area contributed by atoms with Gasteiger partial charge in [0.05, 0.1) is 15.9 Å². The van der Waals surface area contributed by atoms with Crippen LogP contribution in [0.5, 0.6) is 0 Å². The molecule has 0 amide bonds. The number of rotatable bonds is 5. The minimum absolute atomic E-state index is 0.125. The average molecular weight is 288 g/mol. The molecular formula is C12H22BrN3. The first-order valence-corrected chi connectivity index (χ1v) is 6.68. The van der Waals surface area contributed by atoms with Crippen LogP contribution in [0.3, 0.4) is 0 Å². The van der Waals surface area contributed by atoms with Gasteiger partial charge in [-0.25, -0.2) is 0 Å². The van der Waals surface area contributed by atoms with E-state index in [9.17, 15) is 0 Å². The molecule has 4 heteroatoms. The fourth-order valence-electron chi connectivity index (χ4n) is 1.71. The molecule has 0 saturated carbocycles. The Hall–Kier alpha value is -0.350. The molecule has 0 bridgehead atoms. The first kappa shape index (κ1) is 13.7. The van der Waals surface area contributed by atoms with Gasteiger partial charge in [-0.1, -0.05) is 20.8 Å². The van der Waals surface area contributed by atoms with Crippen molar-refractivity contribution < 1.29 is 0 Å². The molecule has 0 saturated heterocycles. The van der Waals surface area contributed by atoms with E-state index in [2.05, 4.69) is 53.4 Å². The van der Waals surface area contributed by atoms with Gasteiger partial charge in [-0.2, -0.15) is 5.10 Å². The number of hydrogen-bond donors (Lipinski definition) is 1. The third-order valence-electron chi connectivity index (χ3n) is 2.89. The van der Waals surface area contributed by atoms with E-state index in [4.69, 9.17) is 5.73 Å². The Labute approximate surface area is 107 Å². The molecule has 0 spiro atoms. The number of halogens is 1. The summed E-state index contributed by atoms with van der Waals surface area (Å²) in [5.74, 6) is 0. The highest BCUT2D eigenvalue weighted by Gasteiger charge is 2.22. The van der Waals surface area contributed by atoms with Crippen LogP contribution in [-0.2, 0) is 19.4 Å². The highest BCUT2D eigenvalue weighted by molar-refractivity contribution is 9.10. The fourth-order valence-corrected chi connectivity index (χ4v) is 2.42. The second-order valence-corrected chi connectivity index (χ2v) is 5.71. The third-order valence-corrected chi connectivity index (χ3v) is 3.81.